The first kappa shape index (κ1) is 25.0. The summed E-state index contributed by atoms with van der Waals surface area (Å²) in [5, 5.41) is 11.3. The van der Waals surface area contributed by atoms with E-state index >= 15 is 0 Å². The van der Waals surface area contributed by atoms with Crippen LogP contribution in [0.1, 0.15) is 36.8 Å². The summed E-state index contributed by atoms with van der Waals surface area (Å²) in [7, 11) is 1.68. The SMILES string of the molecule is COc1ccc2nccc(CCC[C@@H]3CCN(CC#Cc4ccccc4Cl)C[C@@H]3CC(=O)O)c2c1. The number of rotatable bonds is 8. The highest BCUT2D eigenvalue weighted by Gasteiger charge is 2.30. The zero-order chi connectivity index (χ0) is 24.6. The molecule has 1 saturated heterocycles. The molecular formula is C29H31ClN2O3. The van der Waals surface area contributed by atoms with E-state index in [1.165, 1.54) is 5.56 Å². The van der Waals surface area contributed by atoms with Crippen molar-refractivity contribution < 1.29 is 14.6 Å². The molecule has 0 unspecified atom stereocenters. The quantitative estimate of drug-likeness (QED) is 0.411. The Labute approximate surface area is 212 Å². The molecule has 5 nitrogen and oxygen atoms in total. The van der Waals surface area contributed by atoms with Crippen LogP contribution < -0.4 is 4.74 Å². The van der Waals surface area contributed by atoms with Gasteiger partial charge in [-0.25, -0.2) is 0 Å². The first-order valence-electron chi connectivity index (χ1n) is 12.1. The normalized spacial score (nSPS) is 18.1. The van der Waals surface area contributed by atoms with Gasteiger partial charge in [0.1, 0.15) is 5.75 Å². The number of pyridine rings is 1. The predicted molar refractivity (Wildman–Crippen MR) is 140 cm³/mol. The number of halogens is 1. The maximum atomic E-state index is 11.6. The maximum Gasteiger partial charge on any atom is 0.303 e. The smallest absolute Gasteiger partial charge is 0.303 e. The van der Waals surface area contributed by atoms with Crippen LogP contribution in [0.3, 0.4) is 0 Å². The predicted octanol–water partition coefficient (Wildman–Crippen LogP) is 5.68. The van der Waals surface area contributed by atoms with E-state index in [0.29, 0.717) is 17.5 Å². The summed E-state index contributed by atoms with van der Waals surface area (Å²) >= 11 is 6.19. The summed E-state index contributed by atoms with van der Waals surface area (Å²) in [5.74, 6) is 7.02. The molecule has 4 rings (SSSR count). The zero-order valence-corrected chi connectivity index (χ0v) is 20.8. The molecule has 0 radical (unpaired) electrons. The van der Waals surface area contributed by atoms with E-state index in [0.717, 1.165) is 61.0 Å². The molecular weight excluding hydrogens is 460 g/mol. The third-order valence-corrected chi connectivity index (χ3v) is 7.20. The number of hydrogen-bond donors (Lipinski definition) is 1. The number of ether oxygens (including phenoxy) is 1. The van der Waals surface area contributed by atoms with Gasteiger partial charge in [-0.2, -0.15) is 0 Å². The second-order valence-corrected chi connectivity index (χ2v) is 9.58. The molecule has 0 aliphatic carbocycles. The van der Waals surface area contributed by atoms with Crippen LogP contribution in [0.4, 0.5) is 0 Å². The average Bonchev–Trinajstić information content (AvgIpc) is 2.86. The number of aliphatic carboxylic acids is 1. The molecule has 2 aromatic carbocycles. The molecule has 1 fully saturated rings. The lowest BCUT2D eigenvalue weighted by Gasteiger charge is -2.37. The first-order valence-corrected chi connectivity index (χ1v) is 12.5. The van der Waals surface area contributed by atoms with E-state index in [2.05, 4.69) is 27.8 Å². The van der Waals surface area contributed by atoms with Crippen LogP contribution in [0.5, 0.6) is 5.75 Å². The van der Waals surface area contributed by atoms with Gasteiger partial charge in [0.2, 0.25) is 0 Å². The van der Waals surface area contributed by atoms with Crippen LogP contribution in [-0.4, -0.2) is 47.7 Å². The second-order valence-electron chi connectivity index (χ2n) is 9.17. The highest BCUT2D eigenvalue weighted by atomic mass is 35.5. The van der Waals surface area contributed by atoms with Crippen molar-refractivity contribution in [1.29, 1.82) is 0 Å². The largest absolute Gasteiger partial charge is 0.497 e. The molecule has 1 aliphatic heterocycles. The van der Waals surface area contributed by atoms with Crippen LogP contribution >= 0.6 is 11.6 Å². The van der Waals surface area contributed by atoms with Crippen molar-refractivity contribution in [3.8, 4) is 17.6 Å². The van der Waals surface area contributed by atoms with Crippen molar-refractivity contribution >= 4 is 28.5 Å². The van der Waals surface area contributed by atoms with E-state index < -0.39 is 5.97 Å². The minimum atomic E-state index is -0.726. The van der Waals surface area contributed by atoms with Crippen molar-refractivity contribution in [2.45, 2.75) is 32.1 Å². The van der Waals surface area contributed by atoms with Crippen molar-refractivity contribution in [3.63, 3.8) is 0 Å². The van der Waals surface area contributed by atoms with Crippen molar-refractivity contribution in [2.75, 3.05) is 26.7 Å². The summed E-state index contributed by atoms with van der Waals surface area (Å²) in [4.78, 5) is 18.3. The molecule has 182 valence electrons. The van der Waals surface area contributed by atoms with Gasteiger partial charge in [0.25, 0.3) is 0 Å². The van der Waals surface area contributed by atoms with Crippen molar-refractivity contribution in [3.05, 3.63) is 70.9 Å². The molecule has 1 N–H and O–H groups in total. The average molecular weight is 491 g/mol. The minimum absolute atomic E-state index is 0.137. The Morgan fingerprint density at radius 1 is 1.23 bits per heavy atom. The fourth-order valence-electron chi connectivity index (χ4n) is 5.03. The van der Waals surface area contributed by atoms with E-state index in [1.54, 1.807) is 7.11 Å². The summed E-state index contributed by atoms with van der Waals surface area (Å²) in [5.41, 5.74) is 3.06. The van der Waals surface area contributed by atoms with Crippen LogP contribution in [0.15, 0.2) is 54.7 Å². The standard InChI is InChI=1S/C29H31ClN2O3/c1-35-25-11-12-28-26(19-25)22(13-15-31-28)8-4-7-21-14-17-32(20-24(21)18-29(33)34)16-5-9-23-6-2-3-10-27(23)30/h2-3,6,10-13,15,19,21,24H,4,7-8,14,16-18,20H2,1H3,(H,33,34)/t21-,24+/m1/s1. The van der Waals surface area contributed by atoms with Crippen LogP contribution in [0.25, 0.3) is 10.9 Å². The Bertz CT molecular complexity index is 1230. The number of carbonyl (C=O) groups is 1. The first-order chi connectivity index (χ1) is 17.0. The molecule has 35 heavy (non-hydrogen) atoms. The number of nitrogens with zero attached hydrogens (tertiary/aromatic N) is 2. The minimum Gasteiger partial charge on any atom is -0.497 e. The highest BCUT2D eigenvalue weighted by molar-refractivity contribution is 6.31. The van der Waals surface area contributed by atoms with E-state index in [1.807, 2.05) is 48.7 Å². The molecule has 0 spiro atoms. The molecule has 0 amide bonds. The fourth-order valence-corrected chi connectivity index (χ4v) is 5.21. The van der Waals surface area contributed by atoms with Crippen LogP contribution in [0.2, 0.25) is 5.02 Å². The maximum absolute atomic E-state index is 11.6. The Kier molecular flexibility index (Phi) is 8.63. The van der Waals surface area contributed by atoms with Crippen molar-refractivity contribution in [2.24, 2.45) is 11.8 Å². The number of methoxy groups -OCH3 is 1. The summed E-state index contributed by atoms with van der Waals surface area (Å²) in [6.45, 7) is 2.33. The number of benzene rings is 2. The fraction of sp³-hybridized carbons (Fsp3) is 0.379. The Hall–Kier alpha value is -3.07. The molecule has 3 aromatic rings. The lowest BCUT2D eigenvalue weighted by molar-refractivity contribution is -0.139. The number of carboxylic acid groups (broad SMARTS) is 1. The van der Waals surface area contributed by atoms with E-state index in [-0.39, 0.29) is 12.3 Å². The summed E-state index contributed by atoms with van der Waals surface area (Å²) in [6, 6.07) is 15.6. The Balaban J connectivity index is 1.35. The van der Waals surface area contributed by atoms with Gasteiger partial charge in [0.05, 0.1) is 24.2 Å². The van der Waals surface area contributed by atoms with Crippen LogP contribution in [-0.2, 0) is 11.2 Å². The number of likely N-dealkylation sites (tertiary alicyclic amines) is 1. The zero-order valence-electron chi connectivity index (χ0n) is 20.0. The summed E-state index contributed by atoms with van der Waals surface area (Å²) in [6.07, 6.45) is 6.04. The third-order valence-electron chi connectivity index (χ3n) is 6.87. The molecule has 1 aliphatic rings. The van der Waals surface area contributed by atoms with Gasteiger partial charge >= 0.3 is 5.97 Å². The van der Waals surface area contributed by atoms with Gasteiger partial charge in [-0.15, -0.1) is 0 Å². The Morgan fingerprint density at radius 3 is 2.89 bits per heavy atom. The number of piperidine rings is 1. The topological polar surface area (TPSA) is 62.7 Å². The molecule has 2 atom stereocenters. The number of aromatic nitrogens is 1. The number of fused-ring (bicyclic) bond motifs is 1. The Morgan fingerprint density at radius 2 is 2.09 bits per heavy atom. The van der Waals surface area contributed by atoms with E-state index in [4.69, 9.17) is 16.3 Å². The highest BCUT2D eigenvalue weighted by Crippen LogP contribution is 2.31. The van der Waals surface area contributed by atoms with Crippen molar-refractivity contribution in [1.82, 2.24) is 9.88 Å². The third kappa shape index (κ3) is 6.75. The van der Waals surface area contributed by atoms with Gasteiger partial charge in [-0.1, -0.05) is 35.6 Å². The van der Waals surface area contributed by atoms with Gasteiger partial charge < -0.3 is 9.84 Å². The molecule has 6 heteroatoms. The molecule has 2 heterocycles. The number of carboxylic acids is 1. The van der Waals surface area contributed by atoms with Gasteiger partial charge in [-0.3, -0.25) is 14.7 Å². The molecule has 0 saturated carbocycles. The van der Waals surface area contributed by atoms with Gasteiger partial charge in [0, 0.05) is 30.1 Å². The monoisotopic (exact) mass is 490 g/mol. The number of aryl methyl sites for hydroxylation is 1. The van der Waals surface area contributed by atoms with Crippen LogP contribution in [0, 0.1) is 23.7 Å². The van der Waals surface area contributed by atoms with E-state index in [9.17, 15) is 9.90 Å². The second kappa shape index (κ2) is 12.1. The van der Waals surface area contributed by atoms with Gasteiger partial charge in [0.15, 0.2) is 0 Å². The van der Waals surface area contributed by atoms with Gasteiger partial charge in [-0.05, 0) is 86.0 Å². The molecule has 1 aromatic heterocycles. The lowest BCUT2D eigenvalue weighted by atomic mass is 9.80. The summed E-state index contributed by atoms with van der Waals surface area (Å²) < 4.78 is 5.39. The number of hydrogen-bond acceptors (Lipinski definition) is 4. The lowest BCUT2D eigenvalue weighted by Crippen LogP contribution is -2.41. The molecule has 0 bridgehead atoms.